The molecule has 29 heavy (non-hydrogen) atoms. The van der Waals surface area contributed by atoms with Gasteiger partial charge < -0.3 is 15.6 Å². The van der Waals surface area contributed by atoms with Crippen LogP contribution in [0.1, 0.15) is 28.4 Å². The molecule has 4 heteroatoms. The van der Waals surface area contributed by atoms with Crippen LogP contribution in [0.2, 0.25) is 0 Å². The molecule has 1 aliphatic rings. The molecule has 144 valence electrons. The molecule has 0 aliphatic carbocycles. The summed E-state index contributed by atoms with van der Waals surface area (Å²) in [6, 6.07) is 19.1. The number of H-pyrrole nitrogens is 1. The minimum absolute atomic E-state index is 0.0399. The number of hydrogen-bond donors (Lipinski definition) is 3. The topological polar surface area (TPSA) is 52.7 Å². The van der Waals surface area contributed by atoms with E-state index in [9.17, 15) is 0 Å². The summed E-state index contributed by atoms with van der Waals surface area (Å²) in [4.78, 5) is 7.71. The van der Waals surface area contributed by atoms with Crippen LogP contribution in [0.25, 0.3) is 16.5 Å². The van der Waals surface area contributed by atoms with Gasteiger partial charge in [-0.15, -0.1) is 0 Å². The summed E-state index contributed by atoms with van der Waals surface area (Å²) in [6.07, 6.45) is 4.97. The van der Waals surface area contributed by atoms with Crippen molar-refractivity contribution in [1.82, 2.24) is 9.97 Å². The van der Waals surface area contributed by atoms with Gasteiger partial charge in [-0.2, -0.15) is 0 Å². The van der Waals surface area contributed by atoms with E-state index in [1.807, 2.05) is 25.3 Å². The van der Waals surface area contributed by atoms with E-state index in [1.54, 1.807) is 0 Å². The van der Waals surface area contributed by atoms with Gasteiger partial charge in [0.15, 0.2) is 0 Å². The molecule has 3 heterocycles. The van der Waals surface area contributed by atoms with E-state index in [-0.39, 0.29) is 6.04 Å². The average Bonchev–Trinajstić information content (AvgIpc) is 3.38. The highest BCUT2D eigenvalue weighted by Crippen LogP contribution is 2.37. The van der Waals surface area contributed by atoms with Gasteiger partial charge in [0, 0.05) is 52.5 Å². The Bertz CT molecular complexity index is 1200. The van der Waals surface area contributed by atoms with Crippen LogP contribution in [0.5, 0.6) is 0 Å². The third-order valence-electron chi connectivity index (χ3n) is 5.66. The molecule has 2 aromatic heterocycles. The Balaban J connectivity index is 1.58. The number of nitrogens with one attached hydrogen (secondary N) is 3. The third kappa shape index (κ3) is 3.27. The fraction of sp³-hybridized carbons (Fsp3) is 0.160. The van der Waals surface area contributed by atoms with Gasteiger partial charge in [0.1, 0.15) is 0 Å². The van der Waals surface area contributed by atoms with E-state index in [2.05, 4.69) is 75.8 Å². The van der Waals surface area contributed by atoms with E-state index < -0.39 is 0 Å². The number of hydrogen-bond acceptors (Lipinski definition) is 3. The van der Waals surface area contributed by atoms with Gasteiger partial charge in [-0.25, -0.2) is 0 Å². The molecule has 4 aromatic rings. The Morgan fingerprint density at radius 3 is 2.93 bits per heavy atom. The van der Waals surface area contributed by atoms with Crippen molar-refractivity contribution in [2.24, 2.45) is 0 Å². The van der Waals surface area contributed by atoms with Crippen molar-refractivity contribution in [3.05, 3.63) is 96.0 Å². The number of para-hydroxylation sites is 1. The molecule has 4 nitrogen and oxygen atoms in total. The number of aromatic amines is 1. The highest BCUT2D eigenvalue weighted by Gasteiger charge is 2.21. The minimum Gasteiger partial charge on any atom is -0.384 e. The number of anilines is 2. The molecule has 1 unspecified atom stereocenters. The Labute approximate surface area is 170 Å². The lowest BCUT2D eigenvalue weighted by molar-refractivity contribution is 0.997. The van der Waals surface area contributed by atoms with Crippen LogP contribution in [-0.2, 0) is 6.42 Å². The molecule has 0 amide bonds. The first-order valence-electron chi connectivity index (χ1n) is 10.0. The summed E-state index contributed by atoms with van der Waals surface area (Å²) in [5.41, 5.74) is 9.17. The molecule has 2 aromatic carbocycles. The van der Waals surface area contributed by atoms with Crippen LogP contribution in [0.4, 0.5) is 11.4 Å². The summed E-state index contributed by atoms with van der Waals surface area (Å²) in [6.45, 7) is 7.54. The first kappa shape index (κ1) is 17.6. The normalized spacial score (nSPS) is 13.7. The van der Waals surface area contributed by atoms with Crippen LogP contribution in [0, 0.1) is 6.92 Å². The van der Waals surface area contributed by atoms with E-state index in [4.69, 9.17) is 0 Å². The molecule has 0 radical (unpaired) electrons. The second kappa shape index (κ2) is 7.13. The lowest BCUT2D eigenvalue weighted by Gasteiger charge is -2.24. The highest BCUT2D eigenvalue weighted by atomic mass is 14.9. The summed E-state index contributed by atoms with van der Waals surface area (Å²) >= 11 is 0. The van der Waals surface area contributed by atoms with Crippen molar-refractivity contribution in [3.63, 3.8) is 0 Å². The SMILES string of the molecule is C=C(c1c[nH]c2ccccc12)C(Nc1ccnc(C)c1)c1ccc2c(c1)CCN2. The molecule has 0 saturated carbocycles. The Kier molecular flexibility index (Phi) is 4.32. The fourth-order valence-corrected chi connectivity index (χ4v) is 4.17. The van der Waals surface area contributed by atoms with Crippen LogP contribution < -0.4 is 10.6 Å². The number of benzene rings is 2. The molecule has 0 spiro atoms. The van der Waals surface area contributed by atoms with E-state index in [1.165, 1.54) is 22.2 Å². The summed E-state index contributed by atoms with van der Waals surface area (Å²) in [5, 5.41) is 8.35. The zero-order valence-electron chi connectivity index (χ0n) is 16.5. The molecule has 0 bridgehead atoms. The molecule has 0 fully saturated rings. The predicted octanol–water partition coefficient (Wildman–Crippen LogP) is 5.71. The Morgan fingerprint density at radius 2 is 2.03 bits per heavy atom. The molecule has 0 saturated heterocycles. The van der Waals surface area contributed by atoms with Crippen molar-refractivity contribution in [1.29, 1.82) is 0 Å². The fourth-order valence-electron chi connectivity index (χ4n) is 4.17. The molecular weight excluding hydrogens is 356 g/mol. The predicted molar refractivity (Wildman–Crippen MR) is 121 cm³/mol. The highest BCUT2D eigenvalue weighted by molar-refractivity contribution is 5.94. The van der Waals surface area contributed by atoms with Gasteiger partial charge >= 0.3 is 0 Å². The van der Waals surface area contributed by atoms with Crippen molar-refractivity contribution < 1.29 is 0 Å². The molecule has 1 aliphatic heterocycles. The monoisotopic (exact) mass is 380 g/mol. The van der Waals surface area contributed by atoms with Crippen molar-refractivity contribution in [3.8, 4) is 0 Å². The maximum Gasteiger partial charge on any atom is 0.0768 e. The smallest absolute Gasteiger partial charge is 0.0768 e. The Hall–Kier alpha value is -3.53. The Morgan fingerprint density at radius 1 is 1.14 bits per heavy atom. The number of aromatic nitrogens is 2. The van der Waals surface area contributed by atoms with Crippen LogP contribution in [0.3, 0.4) is 0 Å². The minimum atomic E-state index is -0.0399. The van der Waals surface area contributed by atoms with Gasteiger partial charge in [-0.3, -0.25) is 4.98 Å². The number of rotatable bonds is 5. The lowest BCUT2D eigenvalue weighted by atomic mass is 9.92. The first-order valence-corrected chi connectivity index (χ1v) is 10.0. The van der Waals surface area contributed by atoms with Gasteiger partial charge in [-0.05, 0) is 54.3 Å². The van der Waals surface area contributed by atoms with E-state index in [0.717, 1.165) is 41.0 Å². The summed E-state index contributed by atoms with van der Waals surface area (Å²) in [5.74, 6) is 0. The average molecular weight is 380 g/mol. The largest absolute Gasteiger partial charge is 0.384 e. The summed E-state index contributed by atoms with van der Waals surface area (Å²) in [7, 11) is 0. The van der Waals surface area contributed by atoms with Gasteiger partial charge in [-0.1, -0.05) is 36.9 Å². The van der Waals surface area contributed by atoms with E-state index >= 15 is 0 Å². The summed E-state index contributed by atoms with van der Waals surface area (Å²) < 4.78 is 0. The maximum absolute atomic E-state index is 4.52. The van der Waals surface area contributed by atoms with Gasteiger partial charge in [0.2, 0.25) is 0 Å². The zero-order valence-corrected chi connectivity index (χ0v) is 16.5. The number of pyridine rings is 1. The van der Waals surface area contributed by atoms with Crippen LogP contribution in [-0.4, -0.2) is 16.5 Å². The zero-order chi connectivity index (χ0) is 19.8. The van der Waals surface area contributed by atoms with Crippen molar-refractivity contribution in [2.75, 3.05) is 17.2 Å². The molecular formula is C25H24N4. The molecule has 3 N–H and O–H groups in total. The standard InChI is InChI=1S/C25H24N4/c1-16-13-20(10-12-26-16)29-25(19-7-8-23-18(14-19)9-11-27-23)17(2)22-15-28-24-6-4-3-5-21(22)24/h3-8,10,12-15,25,27-28H,2,9,11H2,1H3,(H,26,29). The molecule has 1 atom stereocenters. The van der Waals surface area contributed by atoms with Crippen LogP contribution in [0.15, 0.2) is 73.6 Å². The number of fused-ring (bicyclic) bond motifs is 2. The second-order valence-corrected chi connectivity index (χ2v) is 7.63. The first-order chi connectivity index (χ1) is 14.2. The maximum atomic E-state index is 4.52. The second-order valence-electron chi connectivity index (χ2n) is 7.63. The lowest BCUT2D eigenvalue weighted by Crippen LogP contribution is -2.13. The van der Waals surface area contributed by atoms with Gasteiger partial charge in [0.05, 0.1) is 6.04 Å². The number of nitrogens with zero attached hydrogens (tertiary/aromatic N) is 1. The third-order valence-corrected chi connectivity index (χ3v) is 5.66. The number of aryl methyl sites for hydroxylation is 1. The van der Waals surface area contributed by atoms with Crippen molar-refractivity contribution in [2.45, 2.75) is 19.4 Å². The molecule has 5 rings (SSSR count). The quantitative estimate of drug-likeness (QED) is 0.416. The van der Waals surface area contributed by atoms with E-state index in [0.29, 0.717) is 0 Å². The van der Waals surface area contributed by atoms with Crippen molar-refractivity contribution >= 4 is 27.9 Å². The van der Waals surface area contributed by atoms with Crippen LogP contribution >= 0.6 is 0 Å². The van der Waals surface area contributed by atoms with Gasteiger partial charge in [0.25, 0.3) is 0 Å².